The molecule has 1 aliphatic heterocycles. The van der Waals surface area contributed by atoms with E-state index >= 15 is 0 Å². The van der Waals surface area contributed by atoms with Gasteiger partial charge in [0.25, 0.3) is 0 Å². The minimum atomic E-state index is -0.421. The molecule has 5 heteroatoms. The van der Waals surface area contributed by atoms with Gasteiger partial charge in [-0.05, 0) is 29.8 Å². The first-order valence-electron chi connectivity index (χ1n) is 6.05. The Labute approximate surface area is 114 Å². The molecule has 0 saturated carbocycles. The third kappa shape index (κ3) is 2.71. The molecule has 0 fully saturated rings. The first-order chi connectivity index (χ1) is 9.70. The summed E-state index contributed by atoms with van der Waals surface area (Å²) < 4.78 is 28.3. The maximum atomic E-state index is 12.8. The van der Waals surface area contributed by atoms with Gasteiger partial charge in [-0.3, -0.25) is 4.79 Å². The lowest BCUT2D eigenvalue weighted by Crippen LogP contribution is -2.11. The largest absolute Gasteiger partial charge is 0.454 e. The number of halogens is 1. The molecule has 20 heavy (non-hydrogen) atoms. The Bertz CT molecular complexity index is 637. The zero-order chi connectivity index (χ0) is 13.9. The quantitative estimate of drug-likeness (QED) is 0.637. The number of benzene rings is 2. The van der Waals surface area contributed by atoms with E-state index in [-0.39, 0.29) is 19.0 Å². The number of hydrogen-bond acceptors (Lipinski definition) is 4. The SMILES string of the molecule is O=C(Cc1ccc(F)cc1)Oc1ccc2c(c1)OCO2. The molecule has 0 saturated heterocycles. The molecule has 0 spiro atoms. The number of rotatable bonds is 3. The van der Waals surface area contributed by atoms with Gasteiger partial charge in [0.05, 0.1) is 6.42 Å². The monoisotopic (exact) mass is 274 g/mol. The Balaban J connectivity index is 1.65. The van der Waals surface area contributed by atoms with E-state index in [4.69, 9.17) is 14.2 Å². The molecular formula is C15H11FO4. The van der Waals surface area contributed by atoms with Crippen molar-refractivity contribution in [3.8, 4) is 17.2 Å². The average molecular weight is 274 g/mol. The van der Waals surface area contributed by atoms with Crippen LogP contribution in [-0.4, -0.2) is 12.8 Å². The minimum absolute atomic E-state index is 0.0781. The molecule has 2 aromatic rings. The van der Waals surface area contributed by atoms with Crippen molar-refractivity contribution in [1.82, 2.24) is 0 Å². The molecule has 0 aromatic heterocycles. The molecule has 3 rings (SSSR count). The van der Waals surface area contributed by atoms with Gasteiger partial charge in [0.15, 0.2) is 11.5 Å². The van der Waals surface area contributed by atoms with E-state index in [0.717, 1.165) is 0 Å². The summed E-state index contributed by atoms with van der Waals surface area (Å²) in [7, 11) is 0. The second-order valence-electron chi connectivity index (χ2n) is 4.29. The van der Waals surface area contributed by atoms with Crippen LogP contribution in [0, 0.1) is 5.82 Å². The molecule has 0 bridgehead atoms. The molecule has 0 unspecified atom stereocenters. The highest BCUT2D eigenvalue weighted by atomic mass is 19.1. The highest BCUT2D eigenvalue weighted by Gasteiger charge is 2.15. The molecule has 0 N–H and O–H groups in total. The van der Waals surface area contributed by atoms with Crippen LogP contribution in [0.4, 0.5) is 4.39 Å². The summed E-state index contributed by atoms with van der Waals surface area (Å²) in [6.45, 7) is 0.169. The van der Waals surface area contributed by atoms with E-state index in [0.29, 0.717) is 22.8 Å². The van der Waals surface area contributed by atoms with Crippen LogP contribution in [0.25, 0.3) is 0 Å². The Hall–Kier alpha value is -2.56. The number of ether oxygens (including phenoxy) is 3. The fourth-order valence-electron chi connectivity index (χ4n) is 1.88. The van der Waals surface area contributed by atoms with Crippen LogP contribution in [-0.2, 0) is 11.2 Å². The van der Waals surface area contributed by atoms with Crippen molar-refractivity contribution >= 4 is 5.97 Å². The lowest BCUT2D eigenvalue weighted by atomic mass is 10.1. The van der Waals surface area contributed by atoms with Crippen molar-refractivity contribution in [2.75, 3.05) is 6.79 Å². The third-order valence-corrected chi connectivity index (χ3v) is 2.84. The van der Waals surface area contributed by atoms with E-state index < -0.39 is 5.97 Å². The lowest BCUT2D eigenvalue weighted by Gasteiger charge is -2.05. The Kier molecular flexibility index (Phi) is 3.25. The fraction of sp³-hybridized carbons (Fsp3) is 0.133. The topological polar surface area (TPSA) is 44.8 Å². The molecule has 1 heterocycles. The Morgan fingerprint density at radius 1 is 1.10 bits per heavy atom. The molecule has 102 valence electrons. The summed E-state index contributed by atoms with van der Waals surface area (Å²) >= 11 is 0. The first kappa shape index (κ1) is 12.5. The summed E-state index contributed by atoms with van der Waals surface area (Å²) in [6.07, 6.45) is 0.0781. The van der Waals surface area contributed by atoms with Gasteiger partial charge in [0.2, 0.25) is 6.79 Å². The fourth-order valence-corrected chi connectivity index (χ4v) is 1.88. The van der Waals surface area contributed by atoms with Crippen molar-refractivity contribution in [3.05, 3.63) is 53.8 Å². The van der Waals surface area contributed by atoms with Gasteiger partial charge in [-0.1, -0.05) is 12.1 Å². The lowest BCUT2D eigenvalue weighted by molar-refractivity contribution is -0.133. The normalized spacial score (nSPS) is 12.2. The molecule has 2 aromatic carbocycles. The van der Waals surface area contributed by atoms with Crippen LogP contribution in [0.3, 0.4) is 0 Å². The summed E-state index contributed by atoms with van der Waals surface area (Å²) in [5.74, 6) is 0.815. The summed E-state index contributed by atoms with van der Waals surface area (Å²) in [5, 5.41) is 0. The number of carbonyl (C=O) groups excluding carboxylic acids is 1. The summed E-state index contributed by atoms with van der Waals surface area (Å²) in [4.78, 5) is 11.8. The van der Waals surface area contributed by atoms with E-state index in [1.165, 1.54) is 12.1 Å². The van der Waals surface area contributed by atoms with Crippen molar-refractivity contribution in [1.29, 1.82) is 0 Å². The van der Waals surface area contributed by atoms with Crippen LogP contribution in [0.2, 0.25) is 0 Å². The average Bonchev–Trinajstić information content (AvgIpc) is 2.89. The smallest absolute Gasteiger partial charge is 0.315 e. The van der Waals surface area contributed by atoms with Gasteiger partial charge >= 0.3 is 5.97 Å². The molecule has 0 radical (unpaired) electrons. The van der Waals surface area contributed by atoms with Crippen molar-refractivity contribution in [3.63, 3.8) is 0 Å². The zero-order valence-electron chi connectivity index (χ0n) is 10.5. The Morgan fingerprint density at radius 2 is 1.85 bits per heavy atom. The van der Waals surface area contributed by atoms with Crippen LogP contribution in [0.1, 0.15) is 5.56 Å². The number of esters is 1. The number of fused-ring (bicyclic) bond motifs is 1. The van der Waals surface area contributed by atoms with Gasteiger partial charge in [0.1, 0.15) is 11.6 Å². The number of hydrogen-bond donors (Lipinski definition) is 0. The van der Waals surface area contributed by atoms with Crippen LogP contribution in [0.15, 0.2) is 42.5 Å². The van der Waals surface area contributed by atoms with E-state index in [1.54, 1.807) is 30.3 Å². The highest BCUT2D eigenvalue weighted by Crippen LogP contribution is 2.35. The molecular weight excluding hydrogens is 263 g/mol. The van der Waals surface area contributed by atoms with E-state index in [9.17, 15) is 9.18 Å². The summed E-state index contributed by atoms with van der Waals surface area (Å²) in [6, 6.07) is 10.6. The van der Waals surface area contributed by atoms with Gasteiger partial charge in [-0.25, -0.2) is 4.39 Å². The van der Waals surface area contributed by atoms with Crippen molar-refractivity contribution in [2.24, 2.45) is 0 Å². The molecule has 0 atom stereocenters. The Morgan fingerprint density at radius 3 is 2.65 bits per heavy atom. The maximum absolute atomic E-state index is 12.8. The van der Waals surface area contributed by atoms with E-state index in [2.05, 4.69) is 0 Å². The first-order valence-corrected chi connectivity index (χ1v) is 6.05. The summed E-state index contributed by atoms with van der Waals surface area (Å²) in [5.41, 5.74) is 0.692. The van der Waals surface area contributed by atoms with Gasteiger partial charge in [-0.2, -0.15) is 0 Å². The van der Waals surface area contributed by atoms with Crippen molar-refractivity contribution in [2.45, 2.75) is 6.42 Å². The van der Waals surface area contributed by atoms with Gasteiger partial charge in [-0.15, -0.1) is 0 Å². The standard InChI is InChI=1S/C15H11FO4/c16-11-3-1-10(2-4-11)7-15(17)20-12-5-6-13-14(8-12)19-9-18-13/h1-6,8H,7,9H2. The third-order valence-electron chi connectivity index (χ3n) is 2.84. The van der Waals surface area contributed by atoms with Crippen LogP contribution in [0.5, 0.6) is 17.2 Å². The van der Waals surface area contributed by atoms with Crippen molar-refractivity contribution < 1.29 is 23.4 Å². The zero-order valence-corrected chi connectivity index (χ0v) is 10.5. The molecule has 1 aliphatic rings. The van der Waals surface area contributed by atoms with E-state index in [1.807, 2.05) is 0 Å². The maximum Gasteiger partial charge on any atom is 0.315 e. The van der Waals surface area contributed by atoms with Crippen LogP contribution < -0.4 is 14.2 Å². The molecule has 4 nitrogen and oxygen atoms in total. The highest BCUT2D eigenvalue weighted by molar-refractivity contribution is 5.75. The second kappa shape index (κ2) is 5.21. The van der Waals surface area contributed by atoms with Gasteiger partial charge < -0.3 is 14.2 Å². The second-order valence-corrected chi connectivity index (χ2v) is 4.29. The van der Waals surface area contributed by atoms with Gasteiger partial charge in [0, 0.05) is 6.07 Å². The molecule has 0 aliphatic carbocycles. The predicted octanol–water partition coefficient (Wildman–Crippen LogP) is 2.70. The number of carbonyl (C=O) groups is 1. The predicted molar refractivity (Wildman–Crippen MR) is 68.3 cm³/mol. The van der Waals surface area contributed by atoms with Crippen LogP contribution >= 0.6 is 0 Å². The molecule has 0 amide bonds. The minimum Gasteiger partial charge on any atom is -0.454 e.